The summed E-state index contributed by atoms with van der Waals surface area (Å²) >= 11 is 0. The summed E-state index contributed by atoms with van der Waals surface area (Å²) in [6, 6.07) is 14.5. The summed E-state index contributed by atoms with van der Waals surface area (Å²) < 4.78 is 35.1. The molecule has 43 heavy (non-hydrogen) atoms. The highest BCUT2D eigenvalue weighted by molar-refractivity contribution is 7.93. The van der Waals surface area contributed by atoms with Crippen LogP contribution < -0.4 is 15.4 Å². The Morgan fingerprint density at radius 2 is 1.74 bits per heavy atom. The number of sulfonamides is 1. The first-order valence-corrected chi connectivity index (χ1v) is 16.0. The highest BCUT2D eigenvalue weighted by Crippen LogP contribution is 2.29. The van der Waals surface area contributed by atoms with E-state index in [-0.39, 0.29) is 36.9 Å². The van der Waals surface area contributed by atoms with Crippen LogP contribution in [-0.4, -0.2) is 68.3 Å². The van der Waals surface area contributed by atoms with E-state index in [9.17, 15) is 18.3 Å². The molecule has 3 N–H and O–H groups in total. The molecule has 0 aromatic heterocycles. The molecular weight excluding hydrogens is 564 g/mol. The van der Waals surface area contributed by atoms with Crippen molar-refractivity contribution in [3.8, 4) is 5.75 Å². The Kier molecular flexibility index (Phi) is 10.6. The second-order valence-corrected chi connectivity index (χ2v) is 13.4. The molecule has 4 rings (SSSR count). The lowest BCUT2D eigenvalue weighted by molar-refractivity contribution is -0.124. The third kappa shape index (κ3) is 8.22. The highest BCUT2D eigenvalue weighted by Gasteiger charge is 2.34. The molecule has 1 heterocycles. The molecule has 2 aromatic carbocycles. The fraction of sp³-hybridized carbons (Fsp3) is 0.394. The number of nitrogens with zero attached hydrogens (tertiary/aromatic N) is 2. The van der Waals surface area contributed by atoms with Gasteiger partial charge < -0.3 is 20.5 Å². The van der Waals surface area contributed by atoms with Crippen LogP contribution in [0.1, 0.15) is 37.0 Å². The molecule has 0 radical (unpaired) electrons. The predicted octanol–water partition coefficient (Wildman–Crippen LogP) is 3.79. The third-order valence-corrected chi connectivity index (χ3v) is 9.34. The molecule has 0 saturated carbocycles. The lowest BCUT2D eigenvalue weighted by Crippen LogP contribution is -2.52. The molecule has 1 amide bonds. The molecule has 0 saturated heterocycles. The molecule has 0 bridgehead atoms. The molecule has 2 aromatic rings. The Balaban J connectivity index is 1.52. The van der Waals surface area contributed by atoms with Crippen LogP contribution in [0.3, 0.4) is 0 Å². The first-order valence-electron chi connectivity index (χ1n) is 14.6. The zero-order valence-electron chi connectivity index (χ0n) is 25.5. The van der Waals surface area contributed by atoms with Crippen molar-refractivity contribution in [1.82, 2.24) is 14.9 Å². The van der Waals surface area contributed by atoms with Gasteiger partial charge in [-0.3, -0.25) is 4.79 Å². The Labute approximate surface area is 255 Å². The summed E-state index contributed by atoms with van der Waals surface area (Å²) in [5.74, 6) is 0.935. The number of fused-ring (bicyclic) bond motifs is 1. The van der Waals surface area contributed by atoms with E-state index in [4.69, 9.17) is 4.74 Å². The normalized spacial score (nSPS) is 16.1. The molecule has 1 aliphatic heterocycles. The van der Waals surface area contributed by atoms with E-state index in [0.717, 1.165) is 22.3 Å². The number of hydrogen-bond acceptors (Lipinski definition) is 7. The van der Waals surface area contributed by atoms with Gasteiger partial charge in [-0.1, -0.05) is 68.5 Å². The average Bonchev–Trinajstić information content (AvgIpc) is 3.39. The molecule has 0 fully saturated rings. The SMILES string of the molecule is CNC1=CC2=CC=C(S(=O)(=O)N(CC(C)C)CC(O)C(Cc3ccccc3)NC(=O)COc3c(C)cccc3C)CC2=N1. The molecule has 1 aliphatic carbocycles. The van der Waals surface area contributed by atoms with E-state index in [2.05, 4.69) is 15.6 Å². The van der Waals surface area contributed by atoms with Crippen LogP contribution in [0.15, 0.2) is 88.1 Å². The Morgan fingerprint density at radius 1 is 1.05 bits per heavy atom. The standard InChI is InChI=1S/C33H42N4O5S/c1-22(2)19-37(43(40,41)27-15-14-26-17-31(34-5)35-28(26)18-27)20-30(38)29(16-25-12-7-6-8-13-25)36-32(39)21-42-33-23(3)10-9-11-24(33)4/h6-15,17,22,29-30,34,38H,16,18-21H2,1-5H3,(H,36,39). The fourth-order valence-corrected chi connectivity index (χ4v) is 6.95. The second kappa shape index (κ2) is 14.2. The van der Waals surface area contributed by atoms with Crippen molar-refractivity contribution in [3.63, 3.8) is 0 Å². The van der Waals surface area contributed by atoms with Gasteiger partial charge in [-0.25, -0.2) is 13.4 Å². The van der Waals surface area contributed by atoms with Gasteiger partial charge in [0.1, 0.15) is 11.6 Å². The van der Waals surface area contributed by atoms with Gasteiger partial charge in [0.05, 0.1) is 22.8 Å². The van der Waals surface area contributed by atoms with Gasteiger partial charge in [0.25, 0.3) is 5.91 Å². The van der Waals surface area contributed by atoms with E-state index >= 15 is 0 Å². The van der Waals surface area contributed by atoms with Gasteiger partial charge in [-0.05, 0) is 55.0 Å². The maximum absolute atomic E-state index is 13.9. The van der Waals surface area contributed by atoms with Crippen LogP contribution in [-0.2, 0) is 21.2 Å². The number of aliphatic imine (C=N–C) groups is 1. The summed E-state index contributed by atoms with van der Waals surface area (Å²) in [5, 5.41) is 17.4. The van der Waals surface area contributed by atoms with Crippen molar-refractivity contribution >= 4 is 21.6 Å². The number of amides is 1. The minimum absolute atomic E-state index is 0.00608. The first kappa shape index (κ1) is 32.2. The number of hydrogen-bond donors (Lipinski definition) is 3. The number of rotatable bonds is 14. The fourth-order valence-electron chi connectivity index (χ4n) is 5.21. The number of aryl methyl sites for hydroxylation is 2. The van der Waals surface area contributed by atoms with Crippen LogP contribution in [0, 0.1) is 19.8 Å². The van der Waals surface area contributed by atoms with E-state index in [1.807, 2.05) is 82.3 Å². The summed E-state index contributed by atoms with van der Waals surface area (Å²) in [4.78, 5) is 17.8. The summed E-state index contributed by atoms with van der Waals surface area (Å²) in [6.07, 6.45) is 4.56. The third-order valence-electron chi connectivity index (χ3n) is 7.42. The number of nitrogens with one attached hydrogen (secondary N) is 2. The smallest absolute Gasteiger partial charge is 0.258 e. The molecule has 2 aliphatic rings. The Morgan fingerprint density at radius 3 is 2.40 bits per heavy atom. The van der Waals surface area contributed by atoms with Gasteiger partial charge in [0, 0.05) is 32.1 Å². The van der Waals surface area contributed by atoms with Crippen LogP contribution in [0.25, 0.3) is 0 Å². The summed E-state index contributed by atoms with van der Waals surface area (Å²) in [6.45, 7) is 7.49. The van der Waals surface area contributed by atoms with E-state index in [1.165, 1.54) is 4.31 Å². The molecule has 2 unspecified atom stereocenters. The van der Waals surface area contributed by atoms with Crippen molar-refractivity contribution in [2.45, 2.75) is 52.7 Å². The summed E-state index contributed by atoms with van der Waals surface area (Å²) in [7, 11) is -2.17. The van der Waals surface area contributed by atoms with Crippen LogP contribution in [0.2, 0.25) is 0 Å². The van der Waals surface area contributed by atoms with Crippen LogP contribution in [0.4, 0.5) is 0 Å². The monoisotopic (exact) mass is 606 g/mol. The molecule has 2 atom stereocenters. The van der Waals surface area contributed by atoms with Gasteiger partial charge in [0.2, 0.25) is 10.0 Å². The van der Waals surface area contributed by atoms with Gasteiger partial charge >= 0.3 is 0 Å². The number of carbonyl (C=O) groups is 1. The molecule has 0 spiro atoms. The number of benzene rings is 2. The van der Waals surface area contributed by atoms with Crippen molar-refractivity contribution in [2.24, 2.45) is 10.9 Å². The number of ether oxygens (including phenoxy) is 1. The quantitative estimate of drug-likeness (QED) is 0.301. The van der Waals surface area contributed by atoms with Gasteiger partial charge in [0.15, 0.2) is 6.61 Å². The largest absolute Gasteiger partial charge is 0.483 e. The molecule has 230 valence electrons. The van der Waals surface area contributed by atoms with Crippen molar-refractivity contribution in [3.05, 3.63) is 99.7 Å². The average molecular weight is 607 g/mol. The number of allylic oxidation sites excluding steroid dienone is 5. The molecule has 10 heteroatoms. The second-order valence-electron chi connectivity index (χ2n) is 11.4. The van der Waals surface area contributed by atoms with E-state index in [0.29, 0.717) is 23.7 Å². The van der Waals surface area contributed by atoms with E-state index < -0.39 is 28.1 Å². The number of aliphatic hydroxyl groups excluding tert-OH is 1. The van der Waals surface area contributed by atoms with Crippen molar-refractivity contribution in [1.29, 1.82) is 0 Å². The molecular formula is C33H42N4O5S. The minimum atomic E-state index is -3.94. The van der Waals surface area contributed by atoms with Gasteiger partial charge in [-0.2, -0.15) is 4.31 Å². The van der Waals surface area contributed by atoms with Crippen molar-refractivity contribution < 1.29 is 23.1 Å². The zero-order chi connectivity index (χ0) is 31.1. The predicted molar refractivity (Wildman–Crippen MR) is 170 cm³/mol. The maximum Gasteiger partial charge on any atom is 0.258 e. The first-order chi connectivity index (χ1) is 20.5. The number of para-hydroxylation sites is 1. The van der Waals surface area contributed by atoms with Crippen LogP contribution >= 0.6 is 0 Å². The lowest BCUT2D eigenvalue weighted by atomic mass is 10.0. The molecule has 9 nitrogen and oxygen atoms in total. The summed E-state index contributed by atoms with van der Waals surface area (Å²) in [5.41, 5.74) is 4.31. The highest BCUT2D eigenvalue weighted by atomic mass is 32.2. The van der Waals surface area contributed by atoms with Crippen molar-refractivity contribution in [2.75, 3.05) is 26.7 Å². The van der Waals surface area contributed by atoms with E-state index in [1.54, 1.807) is 19.2 Å². The Bertz CT molecular complexity index is 1520. The lowest BCUT2D eigenvalue weighted by Gasteiger charge is -2.31. The van der Waals surface area contributed by atoms with Crippen LogP contribution in [0.5, 0.6) is 5.75 Å². The number of aliphatic hydroxyl groups is 1. The Hall–Kier alpha value is -3.73. The van der Waals surface area contributed by atoms with Gasteiger partial charge in [-0.15, -0.1) is 0 Å². The topological polar surface area (TPSA) is 120 Å². The number of carbonyl (C=O) groups excluding carboxylic acids is 1. The maximum atomic E-state index is 13.9. The minimum Gasteiger partial charge on any atom is -0.483 e. The zero-order valence-corrected chi connectivity index (χ0v) is 26.3.